The van der Waals surface area contributed by atoms with Crippen molar-refractivity contribution < 1.29 is 0 Å². The molecule has 0 atom stereocenters. The van der Waals surface area contributed by atoms with Crippen LogP contribution in [0.3, 0.4) is 0 Å². The second-order valence-electron chi connectivity index (χ2n) is 31.8. The van der Waals surface area contributed by atoms with Crippen LogP contribution >= 0.6 is 0 Å². The first kappa shape index (κ1) is 61.0. The summed E-state index contributed by atoms with van der Waals surface area (Å²) in [7, 11) is 0. The van der Waals surface area contributed by atoms with Gasteiger partial charge in [-0.3, -0.25) is 0 Å². The van der Waals surface area contributed by atoms with E-state index in [0.717, 1.165) is 0 Å². The van der Waals surface area contributed by atoms with Crippen LogP contribution in [0.5, 0.6) is 0 Å². The van der Waals surface area contributed by atoms with E-state index in [0.29, 0.717) is 0 Å². The Kier molecular flexibility index (Phi) is 14.0. The molecule has 0 fully saturated rings. The van der Waals surface area contributed by atoms with Gasteiger partial charge in [-0.15, -0.1) is 0 Å². The molecule has 0 heterocycles. The van der Waals surface area contributed by atoms with Crippen molar-refractivity contribution in [3.05, 3.63) is 301 Å². The molecular weight excluding hydrogens is 1180 g/mol. The molecule has 2 aliphatic carbocycles. The summed E-state index contributed by atoms with van der Waals surface area (Å²) in [4.78, 5) is 0. The summed E-state index contributed by atoms with van der Waals surface area (Å²) < 4.78 is 0. The third kappa shape index (κ3) is 9.61. The van der Waals surface area contributed by atoms with Crippen LogP contribution in [-0.2, 0) is 21.7 Å². The number of benzene rings is 15. The highest BCUT2D eigenvalue weighted by Crippen LogP contribution is 2.67. The second-order valence-corrected chi connectivity index (χ2v) is 31.8. The minimum absolute atomic E-state index is 0.162. The molecule has 0 unspecified atom stereocenters. The summed E-state index contributed by atoms with van der Waals surface area (Å²) in [5.41, 5.74) is 34.7. The molecule has 0 nitrogen and oxygen atoms in total. The Bertz CT molecular complexity index is 5350. The van der Waals surface area contributed by atoms with E-state index in [1.807, 2.05) is 0 Å². The lowest BCUT2D eigenvalue weighted by Gasteiger charge is -2.30. The zero-order valence-corrected chi connectivity index (χ0v) is 58.6. The van der Waals surface area contributed by atoms with Crippen LogP contribution in [0.4, 0.5) is 0 Å². The summed E-state index contributed by atoms with van der Waals surface area (Å²) in [5, 5.41) is 10.1. The SMILES string of the molecule is CC(C)(C)c1cc(-c2c3c(c(-c4cc(C(C)(C)C)cc(C(C)(C)C)c4)c4c(-c5ccccc5)c5ccccc5c(-c5ccccc5)c24)-c2ccc4c5c(ccc-3c25)-c2c-4c(-c3ccccc3-c3ccccc3)c3ccccc3c2-c2ccccc2-c2ccccc2)cc(C(C)(C)C)c1. The molecule has 0 N–H and O–H groups in total. The fraction of sp³-hybridized carbons (Fsp3) is 0.163. The molecule has 2 aliphatic rings. The summed E-state index contributed by atoms with van der Waals surface area (Å²) in [6.07, 6.45) is 0. The lowest BCUT2D eigenvalue weighted by atomic mass is 9.73. The van der Waals surface area contributed by atoms with E-state index in [2.05, 4.69) is 362 Å². The predicted octanol–water partition coefficient (Wildman–Crippen LogP) is 28.1. The van der Waals surface area contributed by atoms with Gasteiger partial charge in [0, 0.05) is 0 Å². The fourth-order valence-corrected chi connectivity index (χ4v) is 16.6. The standard InChI is InChI=1S/C98H82/c1-95(2,3)65-53-63(54-66(57-65)96(4,5)6)83-89-77-49-51-79-88-80(92-86(72-44-28-26-42-70(72)60-35-19-14-20-36-60)76-48-32-31-47-75(76)85(91(79)92)71-43-27-25-41-69(71)59-33-17-13-18-34-59)52-50-78(87(77)88)90(89)84(64-55-67(97(7,8)9)58-68(56-64)98(10,11)12)94-82(62-39-23-16-24-40-62)74-46-30-29-45-73(74)81(93(83)94)61-37-21-15-22-38-61/h13-58H,1-12H3. The summed E-state index contributed by atoms with van der Waals surface area (Å²) >= 11 is 0. The van der Waals surface area contributed by atoms with Gasteiger partial charge < -0.3 is 0 Å². The molecule has 98 heavy (non-hydrogen) atoms. The number of rotatable bonds is 8. The summed E-state index contributed by atoms with van der Waals surface area (Å²) in [5.74, 6) is 0. The minimum Gasteiger partial charge on any atom is -0.0622 e. The highest BCUT2D eigenvalue weighted by molar-refractivity contribution is 6.39. The molecule has 0 saturated carbocycles. The van der Waals surface area contributed by atoms with E-state index < -0.39 is 0 Å². The molecule has 17 rings (SSSR count). The van der Waals surface area contributed by atoms with E-state index in [4.69, 9.17) is 0 Å². The predicted molar refractivity (Wildman–Crippen MR) is 424 cm³/mol. The van der Waals surface area contributed by atoms with Crippen molar-refractivity contribution in [1.82, 2.24) is 0 Å². The zero-order valence-electron chi connectivity index (χ0n) is 58.6. The van der Waals surface area contributed by atoms with Crippen LogP contribution < -0.4 is 0 Å². The van der Waals surface area contributed by atoms with Gasteiger partial charge in [0.05, 0.1) is 0 Å². The first-order chi connectivity index (χ1) is 47.2. The molecule has 474 valence electrons. The average Bonchev–Trinajstić information content (AvgIpc) is 1.53. The average molecular weight is 1260 g/mol. The van der Waals surface area contributed by atoms with E-state index in [-0.39, 0.29) is 21.7 Å². The molecule has 0 aromatic heterocycles. The van der Waals surface area contributed by atoms with Gasteiger partial charge in [-0.05, 0) is 221 Å². The molecule has 15 aromatic rings. The Hall–Kier alpha value is -10.7. The van der Waals surface area contributed by atoms with Gasteiger partial charge in [0.2, 0.25) is 0 Å². The number of hydrogen-bond donors (Lipinski definition) is 0. The lowest BCUT2D eigenvalue weighted by molar-refractivity contribution is 0.568. The van der Waals surface area contributed by atoms with E-state index in [1.165, 1.54) is 199 Å². The van der Waals surface area contributed by atoms with Gasteiger partial charge in [-0.25, -0.2) is 0 Å². The van der Waals surface area contributed by atoms with E-state index >= 15 is 0 Å². The van der Waals surface area contributed by atoms with Crippen LogP contribution in [0.1, 0.15) is 105 Å². The minimum atomic E-state index is -0.162. The maximum Gasteiger partial charge on any atom is -0.000116 e. The maximum atomic E-state index is 2.58. The Balaban J connectivity index is 1.13. The van der Waals surface area contributed by atoms with Crippen LogP contribution in [0.25, 0.3) is 177 Å². The Morgan fingerprint density at radius 1 is 0.153 bits per heavy atom. The van der Waals surface area contributed by atoms with Crippen LogP contribution in [0.15, 0.2) is 279 Å². The molecule has 0 radical (unpaired) electrons. The highest BCUT2D eigenvalue weighted by atomic mass is 14.4. The first-order valence-corrected chi connectivity index (χ1v) is 35.2. The number of hydrogen-bond acceptors (Lipinski definition) is 0. The van der Waals surface area contributed by atoms with Gasteiger partial charge in [0.1, 0.15) is 0 Å². The maximum absolute atomic E-state index is 2.58. The highest BCUT2D eigenvalue weighted by Gasteiger charge is 2.40. The first-order valence-electron chi connectivity index (χ1n) is 35.2. The van der Waals surface area contributed by atoms with E-state index in [1.54, 1.807) is 0 Å². The second kappa shape index (κ2) is 22.5. The quantitative estimate of drug-likeness (QED) is 0.133. The van der Waals surface area contributed by atoms with Gasteiger partial charge in [0.25, 0.3) is 0 Å². The summed E-state index contributed by atoms with van der Waals surface area (Å²) in [6.45, 7) is 28.7. The zero-order chi connectivity index (χ0) is 67.3. The van der Waals surface area contributed by atoms with Crippen molar-refractivity contribution in [2.24, 2.45) is 0 Å². The third-order valence-electron chi connectivity index (χ3n) is 21.5. The van der Waals surface area contributed by atoms with Gasteiger partial charge in [0.15, 0.2) is 0 Å². The van der Waals surface area contributed by atoms with Crippen LogP contribution in [-0.4, -0.2) is 0 Å². The van der Waals surface area contributed by atoms with Crippen LogP contribution in [0.2, 0.25) is 0 Å². The molecule has 15 aromatic carbocycles. The van der Waals surface area contributed by atoms with Gasteiger partial charge >= 0.3 is 0 Å². The number of fused-ring (bicyclic) bond motifs is 9. The Morgan fingerprint density at radius 3 is 0.673 bits per heavy atom. The molecule has 0 heteroatoms. The monoisotopic (exact) mass is 1260 g/mol. The smallest absolute Gasteiger partial charge is 0.000116 e. The largest absolute Gasteiger partial charge is 0.0622 e. The molecule has 0 spiro atoms. The van der Waals surface area contributed by atoms with Crippen molar-refractivity contribution in [3.8, 4) is 134 Å². The molecular formula is C98H82. The van der Waals surface area contributed by atoms with Crippen LogP contribution in [0, 0.1) is 0 Å². The van der Waals surface area contributed by atoms with Gasteiger partial charge in [-0.1, -0.05) is 362 Å². The third-order valence-corrected chi connectivity index (χ3v) is 21.5. The Labute approximate surface area is 579 Å². The molecule has 0 amide bonds. The van der Waals surface area contributed by atoms with E-state index in [9.17, 15) is 0 Å². The summed E-state index contributed by atoms with van der Waals surface area (Å²) in [6, 6.07) is 107. The van der Waals surface area contributed by atoms with Crippen molar-refractivity contribution in [2.75, 3.05) is 0 Å². The topological polar surface area (TPSA) is 0 Å². The fourth-order valence-electron chi connectivity index (χ4n) is 16.6. The molecule has 0 bridgehead atoms. The van der Waals surface area contributed by atoms with Crippen molar-refractivity contribution in [1.29, 1.82) is 0 Å². The van der Waals surface area contributed by atoms with Crippen molar-refractivity contribution in [3.63, 3.8) is 0 Å². The van der Waals surface area contributed by atoms with Crippen molar-refractivity contribution >= 4 is 43.1 Å². The molecule has 0 saturated heterocycles. The molecule has 0 aliphatic heterocycles. The van der Waals surface area contributed by atoms with Crippen molar-refractivity contribution in [2.45, 2.75) is 105 Å². The van der Waals surface area contributed by atoms with Gasteiger partial charge in [-0.2, -0.15) is 0 Å². The Morgan fingerprint density at radius 2 is 0.388 bits per heavy atom. The lowest BCUT2D eigenvalue weighted by Crippen LogP contribution is -2.17. The normalized spacial score (nSPS) is 12.7.